The van der Waals surface area contributed by atoms with Crippen molar-refractivity contribution in [2.75, 3.05) is 27.3 Å². The Balaban J connectivity index is 1.87. The summed E-state index contributed by atoms with van der Waals surface area (Å²) in [6.07, 6.45) is 3.35. The maximum Gasteiger partial charge on any atom is 0.161 e. The second-order valence-corrected chi connectivity index (χ2v) is 7.46. The molecule has 1 aromatic carbocycles. The van der Waals surface area contributed by atoms with Gasteiger partial charge in [-0.3, -0.25) is 4.90 Å². The summed E-state index contributed by atoms with van der Waals surface area (Å²) >= 11 is 0. The Hall–Kier alpha value is -1.26. The van der Waals surface area contributed by atoms with E-state index in [1.165, 1.54) is 17.5 Å². The van der Waals surface area contributed by atoms with Gasteiger partial charge in [-0.1, -0.05) is 13.8 Å². The number of methoxy groups -OCH3 is 2. The number of nitrogens with zero attached hydrogens (tertiary/aromatic N) is 1. The van der Waals surface area contributed by atoms with Gasteiger partial charge in [0.15, 0.2) is 11.5 Å². The first-order chi connectivity index (χ1) is 11.0. The van der Waals surface area contributed by atoms with Gasteiger partial charge < -0.3 is 15.2 Å². The number of piperidine rings is 1. The second-order valence-electron chi connectivity index (χ2n) is 7.46. The van der Waals surface area contributed by atoms with E-state index < -0.39 is 0 Å². The Morgan fingerprint density at radius 1 is 1.22 bits per heavy atom. The molecule has 1 saturated heterocycles. The SMILES string of the molecule is COc1cc2c(cc1OC)C1CC(N)C(CC(C)C)CN1CC2. The molecule has 0 aromatic heterocycles. The van der Waals surface area contributed by atoms with Crippen molar-refractivity contribution >= 4 is 0 Å². The minimum absolute atomic E-state index is 0.290. The fourth-order valence-electron chi connectivity index (χ4n) is 4.32. The molecule has 3 atom stereocenters. The summed E-state index contributed by atoms with van der Waals surface area (Å²) in [5.74, 6) is 2.99. The maximum atomic E-state index is 6.54. The van der Waals surface area contributed by atoms with E-state index in [1.54, 1.807) is 14.2 Å². The molecule has 4 nitrogen and oxygen atoms in total. The van der Waals surface area contributed by atoms with Crippen molar-refractivity contribution in [2.24, 2.45) is 17.6 Å². The van der Waals surface area contributed by atoms with Crippen LogP contribution in [0.15, 0.2) is 12.1 Å². The summed E-state index contributed by atoms with van der Waals surface area (Å²) in [6.45, 7) is 6.83. The summed E-state index contributed by atoms with van der Waals surface area (Å²) in [7, 11) is 3.41. The molecule has 3 unspecified atom stereocenters. The van der Waals surface area contributed by atoms with Crippen LogP contribution in [-0.4, -0.2) is 38.3 Å². The highest BCUT2D eigenvalue weighted by Crippen LogP contribution is 2.43. The number of ether oxygens (including phenoxy) is 2. The minimum atomic E-state index is 0.290. The highest BCUT2D eigenvalue weighted by molar-refractivity contribution is 5.49. The Bertz CT molecular complexity index is 559. The van der Waals surface area contributed by atoms with Crippen LogP contribution in [0.25, 0.3) is 0 Å². The van der Waals surface area contributed by atoms with Crippen molar-refractivity contribution in [2.45, 2.75) is 45.2 Å². The predicted molar refractivity (Wildman–Crippen MR) is 93.1 cm³/mol. The monoisotopic (exact) mass is 318 g/mol. The highest BCUT2D eigenvalue weighted by atomic mass is 16.5. The third kappa shape index (κ3) is 3.20. The Morgan fingerprint density at radius 2 is 1.91 bits per heavy atom. The van der Waals surface area contributed by atoms with Crippen LogP contribution in [0, 0.1) is 11.8 Å². The number of nitrogens with two attached hydrogens (primary N) is 1. The standard InChI is InChI=1S/C19H30N2O2/c1-12(2)7-14-11-21-6-5-13-8-18(22-3)19(23-4)9-15(13)17(21)10-16(14)20/h8-9,12,14,16-17H,5-7,10-11,20H2,1-4H3. The first-order valence-electron chi connectivity index (χ1n) is 8.77. The smallest absolute Gasteiger partial charge is 0.161 e. The van der Waals surface area contributed by atoms with E-state index in [4.69, 9.17) is 15.2 Å². The van der Waals surface area contributed by atoms with Gasteiger partial charge in [-0.05, 0) is 54.4 Å². The van der Waals surface area contributed by atoms with E-state index >= 15 is 0 Å². The number of rotatable bonds is 4. The maximum absolute atomic E-state index is 6.54. The molecular formula is C19H30N2O2. The van der Waals surface area contributed by atoms with Gasteiger partial charge >= 0.3 is 0 Å². The lowest BCUT2D eigenvalue weighted by Gasteiger charge is -2.46. The van der Waals surface area contributed by atoms with Crippen LogP contribution in [0.1, 0.15) is 43.9 Å². The molecule has 2 aliphatic rings. The Morgan fingerprint density at radius 3 is 2.57 bits per heavy atom. The Labute approximate surface area is 139 Å². The van der Waals surface area contributed by atoms with E-state index in [9.17, 15) is 0 Å². The summed E-state index contributed by atoms with van der Waals surface area (Å²) in [4.78, 5) is 2.63. The molecule has 1 fully saturated rings. The van der Waals surface area contributed by atoms with Crippen LogP contribution < -0.4 is 15.2 Å². The minimum Gasteiger partial charge on any atom is -0.493 e. The third-order valence-electron chi connectivity index (χ3n) is 5.46. The normalized spacial score (nSPS) is 27.5. The van der Waals surface area contributed by atoms with Crippen LogP contribution in [0.2, 0.25) is 0 Å². The molecule has 2 heterocycles. The van der Waals surface area contributed by atoms with Gasteiger partial charge in [0.2, 0.25) is 0 Å². The lowest BCUT2D eigenvalue weighted by molar-refractivity contribution is 0.0739. The van der Waals surface area contributed by atoms with Crippen LogP contribution in [0.3, 0.4) is 0 Å². The van der Waals surface area contributed by atoms with Gasteiger partial charge in [-0.2, -0.15) is 0 Å². The van der Waals surface area contributed by atoms with Crippen molar-refractivity contribution in [3.63, 3.8) is 0 Å². The van der Waals surface area contributed by atoms with Crippen LogP contribution in [-0.2, 0) is 6.42 Å². The largest absolute Gasteiger partial charge is 0.493 e. The Kier molecular flexibility index (Phi) is 4.83. The topological polar surface area (TPSA) is 47.7 Å². The van der Waals surface area contributed by atoms with Crippen LogP contribution >= 0.6 is 0 Å². The predicted octanol–water partition coefficient (Wildman–Crippen LogP) is 3.00. The number of fused-ring (bicyclic) bond motifs is 3. The van der Waals surface area contributed by atoms with Crippen molar-refractivity contribution in [3.05, 3.63) is 23.3 Å². The first-order valence-corrected chi connectivity index (χ1v) is 8.77. The number of hydrogen-bond acceptors (Lipinski definition) is 4. The van der Waals surface area contributed by atoms with Crippen molar-refractivity contribution in [1.29, 1.82) is 0 Å². The average Bonchev–Trinajstić information content (AvgIpc) is 2.53. The van der Waals surface area contributed by atoms with Crippen molar-refractivity contribution in [3.8, 4) is 11.5 Å². The van der Waals surface area contributed by atoms with Gasteiger partial charge in [-0.15, -0.1) is 0 Å². The van der Waals surface area contributed by atoms with E-state index in [1.807, 2.05) is 0 Å². The number of hydrogen-bond donors (Lipinski definition) is 1. The molecule has 2 N–H and O–H groups in total. The third-order valence-corrected chi connectivity index (χ3v) is 5.46. The summed E-state index contributed by atoms with van der Waals surface area (Å²) < 4.78 is 11.0. The zero-order chi connectivity index (χ0) is 16.6. The molecule has 0 radical (unpaired) electrons. The van der Waals surface area contributed by atoms with Gasteiger partial charge in [0.05, 0.1) is 14.2 Å². The van der Waals surface area contributed by atoms with E-state index in [2.05, 4.69) is 30.9 Å². The zero-order valence-electron chi connectivity index (χ0n) is 14.8. The van der Waals surface area contributed by atoms with E-state index in [-0.39, 0.29) is 6.04 Å². The molecule has 2 aliphatic heterocycles. The summed E-state index contributed by atoms with van der Waals surface area (Å²) in [6, 6.07) is 5.03. The van der Waals surface area contributed by atoms with E-state index in [0.717, 1.165) is 37.4 Å². The molecule has 0 amide bonds. The summed E-state index contributed by atoms with van der Waals surface area (Å²) in [5.41, 5.74) is 9.30. The van der Waals surface area contributed by atoms with Gasteiger partial charge in [0.25, 0.3) is 0 Å². The molecule has 23 heavy (non-hydrogen) atoms. The number of benzene rings is 1. The molecule has 0 spiro atoms. The van der Waals surface area contributed by atoms with Crippen molar-refractivity contribution in [1.82, 2.24) is 4.90 Å². The second kappa shape index (κ2) is 6.70. The lowest BCUT2D eigenvalue weighted by Crippen LogP contribution is -2.51. The quantitative estimate of drug-likeness (QED) is 0.927. The fraction of sp³-hybridized carbons (Fsp3) is 0.684. The molecule has 1 aromatic rings. The van der Waals surface area contributed by atoms with Gasteiger partial charge in [-0.25, -0.2) is 0 Å². The van der Waals surface area contributed by atoms with Gasteiger partial charge in [0.1, 0.15) is 0 Å². The summed E-state index contributed by atoms with van der Waals surface area (Å²) in [5, 5.41) is 0. The van der Waals surface area contributed by atoms with Crippen LogP contribution in [0.5, 0.6) is 11.5 Å². The molecule has 0 saturated carbocycles. The molecule has 3 rings (SSSR count). The van der Waals surface area contributed by atoms with Crippen LogP contribution in [0.4, 0.5) is 0 Å². The van der Waals surface area contributed by atoms with Gasteiger partial charge in [0, 0.05) is 25.2 Å². The molecular weight excluding hydrogens is 288 g/mol. The average molecular weight is 318 g/mol. The fourth-order valence-corrected chi connectivity index (χ4v) is 4.32. The highest BCUT2D eigenvalue weighted by Gasteiger charge is 2.38. The van der Waals surface area contributed by atoms with Crippen molar-refractivity contribution < 1.29 is 9.47 Å². The molecule has 4 heteroatoms. The molecule has 0 bridgehead atoms. The first kappa shape index (κ1) is 16.6. The zero-order valence-corrected chi connectivity index (χ0v) is 14.8. The lowest BCUT2D eigenvalue weighted by atomic mass is 9.78. The molecule has 0 aliphatic carbocycles. The molecule has 128 valence electrons. The van der Waals surface area contributed by atoms with E-state index in [0.29, 0.717) is 17.9 Å².